The number of anilines is 1. The van der Waals surface area contributed by atoms with Crippen molar-refractivity contribution in [1.29, 1.82) is 0 Å². The molecule has 0 bridgehead atoms. The number of nitrogens with zero attached hydrogens (tertiary/aromatic N) is 2. The van der Waals surface area contributed by atoms with Gasteiger partial charge in [-0.3, -0.25) is 10.1 Å². The Morgan fingerprint density at radius 1 is 1.24 bits per heavy atom. The predicted octanol–water partition coefficient (Wildman–Crippen LogP) is 2.10. The van der Waals surface area contributed by atoms with E-state index in [-0.39, 0.29) is 10.6 Å². The van der Waals surface area contributed by atoms with E-state index in [1.807, 2.05) is 0 Å². The highest BCUT2D eigenvalue weighted by molar-refractivity contribution is 5.48. The fourth-order valence-corrected chi connectivity index (χ4v) is 1.49. The van der Waals surface area contributed by atoms with Crippen LogP contribution < -0.4 is 5.32 Å². The number of hydrogen-bond acceptors (Lipinski definition) is 3. The van der Waals surface area contributed by atoms with E-state index in [1.54, 1.807) is 12.1 Å². The van der Waals surface area contributed by atoms with Gasteiger partial charge in [-0.25, -0.2) is 0 Å². The van der Waals surface area contributed by atoms with Crippen LogP contribution in [0.25, 0.3) is 0 Å². The van der Waals surface area contributed by atoms with Crippen LogP contribution >= 0.6 is 0 Å². The molecule has 0 heterocycles. The van der Waals surface area contributed by atoms with Crippen LogP contribution in [0.2, 0.25) is 0 Å². The average molecular weight is 238 g/mol. The number of nitro groups is 1. The minimum Gasteiger partial charge on any atom is -0.385 e. The van der Waals surface area contributed by atoms with E-state index in [4.69, 9.17) is 0 Å². The average Bonchev–Trinajstić information content (AvgIpc) is 2.24. The Labute approximate surface area is 102 Å². The Kier molecular flexibility index (Phi) is 4.45. The highest BCUT2D eigenvalue weighted by Gasteiger charge is 2.06. The zero-order valence-corrected chi connectivity index (χ0v) is 10.6. The summed E-state index contributed by atoms with van der Waals surface area (Å²) in [5, 5.41) is 13.7. The van der Waals surface area contributed by atoms with Crippen molar-refractivity contribution in [3.05, 3.63) is 34.4 Å². The van der Waals surface area contributed by atoms with Crippen LogP contribution in [0.5, 0.6) is 0 Å². The van der Waals surface area contributed by atoms with Crippen LogP contribution in [0, 0.1) is 10.1 Å². The molecule has 1 rings (SSSR count). The van der Waals surface area contributed by atoms with Gasteiger partial charge in [0.15, 0.2) is 0 Å². The molecule has 0 unspecified atom stereocenters. The highest BCUT2D eigenvalue weighted by Crippen LogP contribution is 2.15. The van der Waals surface area contributed by atoms with Gasteiger partial charge in [0.05, 0.1) is 32.6 Å². The number of quaternary nitrogens is 1. The number of non-ortho nitro benzene ring substituents is 1. The first-order chi connectivity index (χ1) is 7.88. The molecule has 1 aromatic rings. The summed E-state index contributed by atoms with van der Waals surface area (Å²) < 4.78 is 0.946. The third-order valence-electron chi connectivity index (χ3n) is 2.41. The molecule has 0 aliphatic rings. The summed E-state index contributed by atoms with van der Waals surface area (Å²) in [5.41, 5.74) is 1.05. The smallest absolute Gasteiger partial charge is 0.269 e. The highest BCUT2D eigenvalue weighted by atomic mass is 16.6. The van der Waals surface area contributed by atoms with Crippen molar-refractivity contribution in [2.45, 2.75) is 6.42 Å². The normalized spacial score (nSPS) is 11.2. The third kappa shape index (κ3) is 5.31. The number of nitrogens with one attached hydrogen (secondary N) is 1. The van der Waals surface area contributed by atoms with Gasteiger partial charge >= 0.3 is 0 Å². The van der Waals surface area contributed by atoms with Crippen molar-refractivity contribution in [3.63, 3.8) is 0 Å². The summed E-state index contributed by atoms with van der Waals surface area (Å²) in [7, 11) is 6.48. The Morgan fingerprint density at radius 3 is 2.29 bits per heavy atom. The monoisotopic (exact) mass is 238 g/mol. The van der Waals surface area contributed by atoms with Crippen molar-refractivity contribution in [2.75, 3.05) is 39.5 Å². The van der Waals surface area contributed by atoms with Crippen LogP contribution in [0.15, 0.2) is 24.3 Å². The molecule has 1 aromatic carbocycles. The second-order valence-electron chi connectivity index (χ2n) is 5.10. The maximum absolute atomic E-state index is 10.5. The molecule has 1 N–H and O–H groups in total. The Morgan fingerprint density at radius 2 is 1.82 bits per heavy atom. The maximum atomic E-state index is 10.5. The van der Waals surface area contributed by atoms with Gasteiger partial charge in [0, 0.05) is 30.8 Å². The molecule has 0 saturated heterocycles. The number of nitro benzene ring substituents is 1. The molecular formula is C12H20N3O2+. The Hall–Kier alpha value is -1.62. The molecule has 5 heteroatoms. The summed E-state index contributed by atoms with van der Waals surface area (Å²) in [4.78, 5) is 10.1. The van der Waals surface area contributed by atoms with Crippen LogP contribution in [-0.2, 0) is 0 Å². The van der Waals surface area contributed by atoms with Gasteiger partial charge in [-0.05, 0) is 12.1 Å². The molecular weight excluding hydrogens is 218 g/mol. The van der Waals surface area contributed by atoms with Crippen molar-refractivity contribution in [3.8, 4) is 0 Å². The van der Waals surface area contributed by atoms with Crippen LogP contribution in [0.1, 0.15) is 6.42 Å². The molecule has 94 valence electrons. The van der Waals surface area contributed by atoms with E-state index >= 15 is 0 Å². The van der Waals surface area contributed by atoms with E-state index in [2.05, 4.69) is 26.5 Å². The van der Waals surface area contributed by atoms with E-state index in [1.165, 1.54) is 12.1 Å². The van der Waals surface area contributed by atoms with Crippen LogP contribution in [-0.4, -0.2) is 43.6 Å². The Balaban J connectivity index is 2.35. The zero-order chi connectivity index (χ0) is 12.9. The lowest BCUT2D eigenvalue weighted by atomic mass is 10.2. The van der Waals surface area contributed by atoms with Crippen molar-refractivity contribution >= 4 is 11.4 Å². The molecule has 17 heavy (non-hydrogen) atoms. The summed E-state index contributed by atoms with van der Waals surface area (Å²) in [6.07, 6.45) is 1.07. The standard InChI is InChI=1S/C12H20N3O2/c1-15(2,3)10-4-9-13-11-5-7-12(8-6-11)14(16)17/h5-8,13H,4,9-10H2,1-3H3/q+1. The quantitative estimate of drug-likeness (QED) is 0.357. The number of hydrogen-bond donors (Lipinski definition) is 1. The molecule has 0 radical (unpaired) electrons. The molecule has 0 aliphatic carbocycles. The molecule has 0 aromatic heterocycles. The van der Waals surface area contributed by atoms with Gasteiger partial charge in [-0.1, -0.05) is 0 Å². The van der Waals surface area contributed by atoms with Crippen LogP contribution in [0.3, 0.4) is 0 Å². The van der Waals surface area contributed by atoms with Gasteiger partial charge < -0.3 is 9.80 Å². The summed E-state index contributed by atoms with van der Waals surface area (Å²) >= 11 is 0. The number of benzene rings is 1. The topological polar surface area (TPSA) is 55.2 Å². The van der Waals surface area contributed by atoms with E-state index in [0.717, 1.165) is 29.7 Å². The number of rotatable bonds is 6. The molecule has 0 fully saturated rings. The van der Waals surface area contributed by atoms with Crippen molar-refractivity contribution in [1.82, 2.24) is 0 Å². The fourth-order valence-electron chi connectivity index (χ4n) is 1.49. The molecule has 0 spiro atoms. The minimum atomic E-state index is -0.388. The van der Waals surface area contributed by atoms with Gasteiger partial charge in [-0.15, -0.1) is 0 Å². The molecule has 5 nitrogen and oxygen atoms in total. The molecule has 0 amide bonds. The Bertz CT molecular complexity index is 368. The van der Waals surface area contributed by atoms with Crippen molar-refractivity contribution in [2.24, 2.45) is 0 Å². The fraction of sp³-hybridized carbons (Fsp3) is 0.500. The van der Waals surface area contributed by atoms with Gasteiger partial charge in [0.1, 0.15) is 0 Å². The minimum absolute atomic E-state index is 0.127. The van der Waals surface area contributed by atoms with Crippen LogP contribution in [0.4, 0.5) is 11.4 Å². The molecule has 0 aliphatic heterocycles. The zero-order valence-electron chi connectivity index (χ0n) is 10.6. The third-order valence-corrected chi connectivity index (χ3v) is 2.41. The molecule has 0 saturated carbocycles. The van der Waals surface area contributed by atoms with E-state index in [0.29, 0.717) is 0 Å². The second kappa shape index (κ2) is 5.63. The first-order valence-corrected chi connectivity index (χ1v) is 5.67. The SMILES string of the molecule is C[N+](C)(C)CCCNc1ccc([N+](=O)[O-])cc1. The largest absolute Gasteiger partial charge is 0.385 e. The van der Waals surface area contributed by atoms with Crippen molar-refractivity contribution < 1.29 is 9.41 Å². The predicted molar refractivity (Wildman–Crippen MR) is 69.1 cm³/mol. The van der Waals surface area contributed by atoms with Gasteiger partial charge in [0.2, 0.25) is 0 Å². The summed E-state index contributed by atoms with van der Waals surface area (Å²) in [6.45, 7) is 1.98. The first-order valence-electron chi connectivity index (χ1n) is 5.67. The first kappa shape index (κ1) is 13.4. The van der Waals surface area contributed by atoms with E-state index in [9.17, 15) is 10.1 Å². The van der Waals surface area contributed by atoms with Gasteiger partial charge in [-0.2, -0.15) is 0 Å². The summed E-state index contributed by atoms with van der Waals surface area (Å²) in [6, 6.07) is 6.51. The maximum Gasteiger partial charge on any atom is 0.269 e. The lowest BCUT2D eigenvalue weighted by Gasteiger charge is -2.23. The molecule has 0 atom stereocenters. The van der Waals surface area contributed by atoms with Gasteiger partial charge in [0.25, 0.3) is 5.69 Å². The summed E-state index contributed by atoms with van der Waals surface area (Å²) in [5.74, 6) is 0. The lowest BCUT2D eigenvalue weighted by Crippen LogP contribution is -2.36. The lowest BCUT2D eigenvalue weighted by molar-refractivity contribution is -0.870. The second-order valence-corrected chi connectivity index (χ2v) is 5.10. The van der Waals surface area contributed by atoms with E-state index < -0.39 is 0 Å².